The van der Waals surface area contributed by atoms with Crippen LogP contribution in [0.5, 0.6) is 0 Å². The quantitative estimate of drug-likeness (QED) is 0.389. The van der Waals surface area contributed by atoms with Gasteiger partial charge in [0.1, 0.15) is 12.6 Å². The Morgan fingerprint density at radius 1 is 1.24 bits per heavy atom. The molecule has 3 aromatic rings. The van der Waals surface area contributed by atoms with Gasteiger partial charge in [-0.3, -0.25) is 9.36 Å². The van der Waals surface area contributed by atoms with E-state index in [2.05, 4.69) is 66.8 Å². The minimum atomic E-state index is -1.97. The van der Waals surface area contributed by atoms with Gasteiger partial charge in [-0.05, 0) is 30.3 Å². The molecule has 1 aromatic carbocycles. The third kappa shape index (κ3) is 4.84. The SMILES string of the molecule is CC(C)(C)[Si](C)(C)OC1C[C@H](n2cnc3c(NC(=O)c4ccccc4)ncnc32)O[C@@H]1CS. The molecule has 8 nitrogen and oxygen atoms in total. The molecule has 1 saturated heterocycles. The maximum absolute atomic E-state index is 12.6. The number of benzene rings is 1. The summed E-state index contributed by atoms with van der Waals surface area (Å²) in [4.78, 5) is 25.8. The summed E-state index contributed by atoms with van der Waals surface area (Å²) in [6.07, 6.45) is 3.34. The summed E-state index contributed by atoms with van der Waals surface area (Å²) in [7, 11) is -1.97. The molecule has 1 fully saturated rings. The number of nitrogens with zero attached hydrogens (tertiary/aromatic N) is 4. The van der Waals surface area contributed by atoms with Gasteiger partial charge in [-0.15, -0.1) is 0 Å². The van der Waals surface area contributed by atoms with Crippen molar-refractivity contribution in [1.29, 1.82) is 0 Å². The Balaban J connectivity index is 1.57. The minimum absolute atomic E-state index is 0.0510. The van der Waals surface area contributed by atoms with Crippen molar-refractivity contribution in [1.82, 2.24) is 19.5 Å². The Bertz CT molecular complexity index is 1130. The number of nitrogens with one attached hydrogen (secondary N) is 1. The topological polar surface area (TPSA) is 91.2 Å². The molecule has 10 heteroatoms. The number of amides is 1. The Morgan fingerprint density at radius 3 is 2.64 bits per heavy atom. The predicted octanol–water partition coefficient (Wildman–Crippen LogP) is 4.69. The Morgan fingerprint density at radius 2 is 1.97 bits per heavy atom. The largest absolute Gasteiger partial charge is 0.411 e. The molecule has 176 valence electrons. The van der Waals surface area contributed by atoms with Crippen molar-refractivity contribution >= 4 is 43.8 Å². The van der Waals surface area contributed by atoms with E-state index in [4.69, 9.17) is 9.16 Å². The lowest BCUT2D eigenvalue weighted by atomic mass is 10.2. The van der Waals surface area contributed by atoms with Gasteiger partial charge in [-0.2, -0.15) is 12.6 Å². The molecule has 0 radical (unpaired) electrons. The van der Waals surface area contributed by atoms with Crippen molar-refractivity contribution in [2.75, 3.05) is 11.1 Å². The number of fused-ring (bicyclic) bond motifs is 1. The maximum atomic E-state index is 12.6. The van der Waals surface area contributed by atoms with E-state index in [0.717, 1.165) is 0 Å². The molecular formula is C23H31N5O3SSi. The summed E-state index contributed by atoms with van der Waals surface area (Å²) in [5, 5.41) is 2.95. The maximum Gasteiger partial charge on any atom is 0.256 e. The molecule has 4 rings (SSSR count). The highest BCUT2D eigenvalue weighted by Crippen LogP contribution is 2.41. The number of carbonyl (C=O) groups excluding carboxylic acids is 1. The van der Waals surface area contributed by atoms with Crippen LogP contribution in [0.3, 0.4) is 0 Å². The smallest absolute Gasteiger partial charge is 0.256 e. The highest BCUT2D eigenvalue weighted by atomic mass is 32.1. The fourth-order valence-corrected chi connectivity index (χ4v) is 5.32. The van der Waals surface area contributed by atoms with Gasteiger partial charge in [-0.25, -0.2) is 15.0 Å². The third-order valence-electron chi connectivity index (χ3n) is 6.55. The van der Waals surface area contributed by atoms with Crippen molar-refractivity contribution < 1.29 is 14.0 Å². The molecule has 0 spiro atoms. The molecule has 0 saturated carbocycles. The Kier molecular flexibility index (Phi) is 6.63. The van der Waals surface area contributed by atoms with E-state index >= 15 is 0 Å². The number of carbonyl (C=O) groups is 1. The van der Waals surface area contributed by atoms with E-state index in [9.17, 15) is 4.79 Å². The van der Waals surface area contributed by atoms with Crippen molar-refractivity contribution in [2.45, 2.75) is 63.8 Å². The molecule has 0 aliphatic carbocycles. The molecule has 0 bridgehead atoms. The van der Waals surface area contributed by atoms with Crippen LogP contribution >= 0.6 is 12.6 Å². The molecule has 1 unspecified atom stereocenters. The Hall–Kier alpha value is -2.27. The number of imidazole rings is 1. The molecule has 33 heavy (non-hydrogen) atoms. The van der Waals surface area contributed by atoms with Gasteiger partial charge in [0.05, 0.1) is 18.5 Å². The van der Waals surface area contributed by atoms with Crippen LogP contribution < -0.4 is 5.32 Å². The monoisotopic (exact) mass is 485 g/mol. The first kappa shape index (κ1) is 23.9. The number of aromatic nitrogens is 4. The van der Waals surface area contributed by atoms with E-state index in [1.165, 1.54) is 6.33 Å². The van der Waals surface area contributed by atoms with Gasteiger partial charge in [-0.1, -0.05) is 39.0 Å². The summed E-state index contributed by atoms with van der Waals surface area (Å²) >= 11 is 4.51. The van der Waals surface area contributed by atoms with Crippen LogP contribution in [0.2, 0.25) is 18.1 Å². The molecule has 2 aromatic heterocycles. The first-order chi connectivity index (χ1) is 15.6. The molecule has 3 heterocycles. The van der Waals surface area contributed by atoms with Gasteiger partial charge >= 0.3 is 0 Å². The lowest BCUT2D eigenvalue weighted by Gasteiger charge is -2.39. The van der Waals surface area contributed by atoms with Crippen molar-refractivity contribution in [3.63, 3.8) is 0 Å². The Labute approximate surface area is 200 Å². The third-order valence-corrected chi connectivity index (χ3v) is 11.4. The average molecular weight is 486 g/mol. The van der Waals surface area contributed by atoms with E-state index in [0.29, 0.717) is 34.7 Å². The first-order valence-corrected chi connectivity index (χ1v) is 14.6. The van der Waals surface area contributed by atoms with Crippen LogP contribution in [-0.2, 0) is 9.16 Å². The summed E-state index contributed by atoms with van der Waals surface area (Å²) in [6.45, 7) is 11.2. The first-order valence-electron chi connectivity index (χ1n) is 11.1. The van der Waals surface area contributed by atoms with Gasteiger partial charge in [0.15, 0.2) is 25.3 Å². The molecule has 1 N–H and O–H groups in total. The van der Waals surface area contributed by atoms with E-state index in [-0.39, 0.29) is 29.4 Å². The summed E-state index contributed by atoms with van der Waals surface area (Å²) in [6, 6.07) is 8.99. The summed E-state index contributed by atoms with van der Waals surface area (Å²) in [5.74, 6) is 0.682. The zero-order valence-corrected chi connectivity index (χ0v) is 21.5. The van der Waals surface area contributed by atoms with E-state index in [1.807, 2.05) is 22.8 Å². The van der Waals surface area contributed by atoms with Crippen LogP contribution in [0.1, 0.15) is 43.8 Å². The normalized spacial score (nSPS) is 21.5. The lowest BCUT2D eigenvalue weighted by molar-refractivity contribution is -0.00159. The van der Waals surface area contributed by atoms with Crippen molar-refractivity contribution in [3.8, 4) is 0 Å². The zero-order valence-electron chi connectivity index (χ0n) is 19.6. The number of hydrogen-bond acceptors (Lipinski definition) is 7. The standard InChI is InChI=1S/C23H31N5O3SSi/c1-23(2,3)33(4,5)31-16-11-18(30-17(16)12-32)28-14-26-19-20(24-13-25-21(19)28)27-22(29)15-9-7-6-8-10-15/h6-10,13-14,16-18,32H,11-12H2,1-5H3,(H,24,25,27,29)/t16?,17-,18-/m1/s1. The van der Waals surface area contributed by atoms with E-state index < -0.39 is 8.32 Å². The highest BCUT2D eigenvalue weighted by molar-refractivity contribution is 7.80. The number of anilines is 1. The number of hydrogen-bond donors (Lipinski definition) is 2. The number of ether oxygens (including phenoxy) is 1. The van der Waals surface area contributed by atoms with Gasteiger partial charge in [0, 0.05) is 17.7 Å². The van der Waals surface area contributed by atoms with Gasteiger partial charge in [0.2, 0.25) is 0 Å². The molecule has 1 aliphatic heterocycles. The minimum Gasteiger partial charge on any atom is -0.411 e. The van der Waals surface area contributed by atoms with Crippen LogP contribution in [0.15, 0.2) is 43.0 Å². The van der Waals surface area contributed by atoms with Crippen molar-refractivity contribution in [2.24, 2.45) is 0 Å². The number of thiol groups is 1. The van der Waals surface area contributed by atoms with Crippen molar-refractivity contribution in [3.05, 3.63) is 48.5 Å². The fourth-order valence-electron chi connectivity index (χ4n) is 3.64. The summed E-state index contributed by atoms with van der Waals surface area (Å²) in [5.41, 5.74) is 1.66. The zero-order chi connectivity index (χ0) is 23.8. The lowest BCUT2D eigenvalue weighted by Crippen LogP contribution is -2.46. The second-order valence-corrected chi connectivity index (χ2v) is 15.0. The predicted molar refractivity (Wildman–Crippen MR) is 134 cm³/mol. The number of rotatable bonds is 6. The van der Waals surface area contributed by atoms with E-state index in [1.54, 1.807) is 18.5 Å². The average Bonchev–Trinajstić information content (AvgIpc) is 3.37. The second-order valence-electron chi connectivity index (χ2n) is 9.83. The fraction of sp³-hybridized carbons (Fsp3) is 0.478. The second kappa shape index (κ2) is 9.17. The molecule has 1 amide bonds. The van der Waals surface area contributed by atoms with Gasteiger partial charge < -0.3 is 14.5 Å². The van der Waals surface area contributed by atoms with Crippen LogP contribution in [0.4, 0.5) is 5.82 Å². The molecule has 1 aliphatic rings. The highest BCUT2D eigenvalue weighted by Gasteiger charge is 2.45. The molecular weight excluding hydrogens is 454 g/mol. The van der Waals surface area contributed by atoms with Crippen LogP contribution in [0, 0.1) is 0 Å². The van der Waals surface area contributed by atoms with Crippen LogP contribution in [-0.4, -0.2) is 51.7 Å². The summed E-state index contributed by atoms with van der Waals surface area (Å²) < 4.78 is 14.9. The molecule has 3 atom stereocenters. The van der Waals surface area contributed by atoms with Gasteiger partial charge in [0.25, 0.3) is 5.91 Å². The van der Waals surface area contributed by atoms with Crippen LogP contribution in [0.25, 0.3) is 11.2 Å².